The predicted molar refractivity (Wildman–Crippen MR) is 80.1 cm³/mol. The van der Waals surface area contributed by atoms with E-state index in [1.807, 2.05) is 24.3 Å². The summed E-state index contributed by atoms with van der Waals surface area (Å²) < 4.78 is 7.05. The number of rotatable bonds is 5. The van der Waals surface area contributed by atoms with Gasteiger partial charge in [0.15, 0.2) is 0 Å². The Balaban J connectivity index is 2.20. The summed E-state index contributed by atoms with van der Waals surface area (Å²) in [6.07, 6.45) is 0.796. The van der Waals surface area contributed by atoms with Crippen LogP contribution in [0.1, 0.15) is 25.0 Å². The monoisotopic (exact) mass is 325 g/mol. The van der Waals surface area contributed by atoms with Crippen molar-refractivity contribution in [2.45, 2.75) is 25.5 Å². The molecule has 18 heavy (non-hydrogen) atoms. The Morgan fingerprint density at radius 1 is 1.39 bits per heavy atom. The maximum absolute atomic E-state index is 6.16. The van der Waals surface area contributed by atoms with Gasteiger partial charge in [-0.25, -0.2) is 0 Å². The second-order valence-electron chi connectivity index (χ2n) is 4.12. The lowest BCUT2D eigenvalue weighted by molar-refractivity contribution is 0.171. The van der Waals surface area contributed by atoms with Crippen LogP contribution in [0.25, 0.3) is 0 Å². The van der Waals surface area contributed by atoms with Crippen LogP contribution in [-0.4, -0.2) is 6.04 Å². The molecule has 2 aromatic rings. The van der Waals surface area contributed by atoms with Gasteiger partial charge in [-0.3, -0.25) is 0 Å². The highest BCUT2D eigenvalue weighted by Crippen LogP contribution is 2.28. The number of hydrogen-bond donors (Lipinski definition) is 1. The van der Waals surface area contributed by atoms with Crippen molar-refractivity contribution in [3.8, 4) is 5.75 Å². The van der Waals surface area contributed by atoms with Gasteiger partial charge in [-0.15, -0.1) is 0 Å². The second-order valence-corrected chi connectivity index (χ2v) is 5.82. The number of thiophene rings is 1. The molecule has 2 atom stereocenters. The van der Waals surface area contributed by atoms with Gasteiger partial charge in [0.1, 0.15) is 11.9 Å². The van der Waals surface area contributed by atoms with E-state index < -0.39 is 0 Å². The van der Waals surface area contributed by atoms with Crippen molar-refractivity contribution >= 4 is 27.3 Å². The highest BCUT2D eigenvalue weighted by atomic mass is 79.9. The van der Waals surface area contributed by atoms with Gasteiger partial charge in [-0.1, -0.05) is 28.9 Å². The van der Waals surface area contributed by atoms with Gasteiger partial charge in [0.05, 0.1) is 0 Å². The fraction of sp³-hybridized carbons (Fsp3) is 0.286. The summed E-state index contributed by atoms with van der Waals surface area (Å²) in [6.45, 7) is 2.08. The standard InChI is InChI=1S/C14H16BrNOS/c1-2-13(16)14(10-6-7-18-9-10)17-12-5-3-4-11(15)8-12/h3-9,13-14H,2,16H2,1H3. The number of benzene rings is 1. The SMILES string of the molecule is CCC(N)C(Oc1cccc(Br)c1)c1ccsc1. The van der Waals surface area contributed by atoms with Crippen LogP contribution in [0.2, 0.25) is 0 Å². The van der Waals surface area contributed by atoms with Gasteiger partial charge in [-0.05, 0) is 41.4 Å². The lowest BCUT2D eigenvalue weighted by Crippen LogP contribution is -2.31. The zero-order chi connectivity index (χ0) is 13.0. The number of hydrogen-bond acceptors (Lipinski definition) is 3. The van der Waals surface area contributed by atoms with E-state index in [0.717, 1.165) is 22.2 Å². The molecule has 0 radical (unpaired) electrons. The van der Waals surface area contributed by atoms with Crippen LogP contribution in [0.4, 0.5) is 0 Å². The van der Waals surface area contributed by atoms with Gasteiger partial charge in [0.2, 0.25) is 0 Å². The lowest BCUT2D eigenvalue weighted by Gasteiger charge is -2.23. The minimum Gasteiger partial charge on any atom is -0.484 e. The molecule has 2 nitrogen and oxygen atoms in total. The molecule has 1 aromatic heterocycles. The number of halogens is 1. The molecular weight excluding hydrogens is 310 g/mol. The Hall–Kier alpha value is -0.840. The molecule has 0 aliphatic rings. The fourth-order valence-electron chi connectivity index (χ4n) is 1.74. The van der Waals surface area contributed by atoms with E-state index in [1.54, 1.807) is 11.3 Å². The van der Waals surface area contributed by atoms with Crippen LogP contribution in [0.5, 0.6) is 5.75 Å². The van der Waals surface area contributed by atoms with E-state index in [2.05, 4.69) is 39.7 Å². The van der Waals surface area contributed by atoms with Gasteiger partial charge in [-0.2, -0.15) is 11.3 Å². The van der Waals surface area contributed by atoms with Crippen molar-refractivity contribution in [1.29, 1.82) is 0 Å². The summed E-state index contributed by atoms with van der Waals surface area (Å²) in [5.41, 5.74) is 7.31. The molecule has 0 saturated heterocycles. The number of ether oxygens (including phenoxy) is 1. The largest absolute Gasteiger partial charge is 0.484 e. The fourth-order valence-corrected chi connectivity index (χ4v) is 2.80. The molecule has 0 bridgehead atoms. The topological polar surface area (TPSA) is 35.2 Å². The van der Waals surface area contributed by atoms with Crippen LogP contribution >= 0.6 is 27.3 Å². The molecule has 4 heteroatoms. The first-order valence-corrected chi connectivity index (χ1v) is 7.64. The molecule has 1 heterocycles. The zero-order valence-electron chi connectivity index (χ0n) is 10.2. The van der Waals surface area contributed by atoms with Crippen LogP contribution in [0.15, 0.2) is 45.6 Å². The van der Waals surface area contributed by atoms with Gasteiger partial charge in [0.25, 0.3) is 0 Å². The van der Waals surface area contributed by atoms with E-state index >= 15 is 0 Å². The third kappa shape index (κ3) is 3.34. The first kappa shape index (κ1) is 13.6. The maximum Gasteiger partial charge on any atom is 0.140 e. The third-order valence-electron chi connectivity index (χ3n) is 2.79. The van der Waals surface area contributed by atoms with Gasteiger partial charge >= 0.3 is 0 Å². The zero-order valence-corrected chi connectivity index (χ0v) is 12.6. The molecule has 1 aromatic carbocycles. The average molecular weight is 326 g/mol. The van der Waals surface area contributed by atoms with Crippen molar-refractivity contribution in [3.05, 3.63) is 51.1 Å². The van der Waals surface area contributed by atoms with Crippen molar-refractivity contribution in [3.63, 3.8) is 0 Å². The summed E-state index contributed by atoms with van der Waals surface area (Å²) in [6, 6.07) is 9.92. The quantitative estimate of drug-likeness (QED) is 0.885. The molecule has 0 amide bonds. The lowest BCUT2D eigenvalue weighted by atomic mass is 10.0. The normalized spacial score (nSPS) is 14.2. The minimum absolute atomic E-state index is 0.00131. The molecule has 0 aliphatic heterocycles. The highest BCUT2D eigenvalue weighted by Gasteiger charge is 2.20. The molecular formula is C14H16BrNOS. The van der Waals surface area contributed by atoms with Crippen LogP contribution in [0, 0.1) is 0 Å². The molecule has 0 fully saturated rings. The molecule has 0 saturated carbocycles. The van der Waals surface area contributed by atoms with Gasteiger partial charge < -0.3 is 10.5 Å². The van der Waals surface area contributed by atoms with Crippen molar-refractivity contribution in [2.75, 3.05) is 0 Å². The molecule has 2 N–H and O–H groups in total. The van der Waals surface area contributed by atoms with E-state index in [0.29, 0.717) is 0 Å². The van der Waals surface area contributed by atoms with E-state index in [-0.39, 0.29) is 12.1 Å². The van der Waals surface area contributed by atoms with Crippen molar-refractivity contribution in [2.24, 2.45) is 5.73 Å². The molecule has 96 valence electrons. The third-order valence-corrected chi connectivity index (χ3v) is 3.99. The maximum atomic E-state index is 6.16. The number of nitrogens with two attached hydrogens (primary N) is 1. The van der Waals surface area contributed by atoms with Crippen LogP contribution in [-0.2, 0) is 0 Å². The smallest absolute Gasteiger partial charge is 0.140 e. The molecule has 0 spiro atoms. The summed E-state index contributed by atoms with van der Waals surface area (Å²) in [7, 11) is 0. The Kier molecular flexibility index (Phi) is 4.80. The Morgan fingerprint density at radius 3 is 2.83 bits per heavy atom. The average Bonchev–Trinajstić information content (AvgIpc) is 2.89. The minimum atomic E-state index is -0.0875. The van der Waals surface area contributed by atoms with E-state index in [9.17, 15) is 0 Å². The summed E-state index contributed by atoms with van der Waals surface area (Å²) in [5, 5.41) is 4.15. The Labute approximate surface area is 120 Å². The first-order valence-electron chi connectivity index (χ1n) is 5.90. The van der Waals surface area contributed by atoms with Crippen LogP contribution in [0.3, 0.4) is 0 Å². The summed E-state index contributed by atoms with van der Waals surface area (Å²) in [5.74, 6) is 0.837. The molecule has 2 unspecified atom stereocenters. The highest BCUT2D eigenvalue weighted by molar-refractivity contribution is 9.10. The summed E-state index contributed by atoms with van der Waals surface area (Å²) >= 11 is 5.11. The second kappa shape index (κ2) is 6.36. The predicted octanol–water partition coefficient (Wildman–Crippen LogP) is 4.37. The van der Waals surface area contributed by atoms with E-state index in [1.165, 1.54) is 0 Å². The Morgan fingerprint density at radius 2 is 2.22 bits per heavy atom. The van der Waals surface area contributed by atoms with Gasteiger partial charge in [0, 0.05) is 16.1 Å². The Bertz CT molecular complexity index is 486. The van der Waals surface area contributed by atoms with Crippen molar-refractivity contribution < 1.29 is 4.74 Å². The summed E-state index contributed by atoms with van der Waals surface area (Å²) in [4.78, 5) is 0. The van der Waals surface area contributed by atoms with E-state index in [4.69, 9.17) is 10.5 Å². The van der Waals surface area contributed by atoms with Crippen molar-refractivity contribution in [1.82, 2.24) is 0 Å². The first-order chi connectivity index (χ1) is 8.70. The van der Waals surface area contributed by atoms with Crippen LogP contribution < -0.4 is 10.5 Å². The molecule has 0 aliphatic carbocycles. The molecule has 2 rings (SSSR count).